The van der Waals surface area contributed by atoms with E-state index in [1.165, 1.54) is 0 Å². The van der Waals surface area contributed by atoms with Crippen LogP contribution in [0.15, 0.2) is 40.9 Å². The van der Waals surface area contributed by atoms with Gasteiger partial charge in [-0.25, -0.2) is 0 Å². The van der Waals surface area contributed by atoms with E-state index in [1.54, 1.807) is 0 Å². The van der Waals surface area contributed by atoms with E-state index in [0.717, 1.165) is 32.1 Å². The first kappa shape index (κ1) is 14.4. The average molecular weight is 341 g/mol. The second kappa shape index (κ2) is 5.95. The molecule has 2 nitrogen and oxygen atoms in total. The Bertz CT molecular complexity index is 599. The zero-order valence-corrected chi connectivity index (χ0v) is 13.1. The van der Waals surface area contributed by atoms with Crippen LogP contribution in [0.25, 0.3) is 0 Å². The Morgan fingerprint density at radius 1 is 1.21 bits per heavy atom. The molecule has 2 aromatic rings. The third kappa shape index (κ3) is 3.50. The van der Waals surface area contributed by atoms with Gasteiger partial charge >= 0.3 is 0 Å². The van der Waals surface area contributed by atoms with Gasteiger partial charge in [-0.2, -0.15) is 0 Å². The number of aryl methyl sites for hydroxylation is 1. The van der Waals surface area contributed by atoms with E-state index < -0.39 is 0 Å². The molecular formula is C15H15BrClNO. The Morgan fingerprint density at radius 3 is 2.53 bits per heavy atom. The summed E-state index contributed by atoms with van der Waals surface area (Å²) in [6.07, 6.45) is 0. The predicted octanol–water partition coefficient (Wildman–Crippen LogP) is 5.22. The molecule has 0 bridgehead atoms. The van der Waals surface area contributed by atoms with Gasteiger partial charge in [-0.15, -0.1) is 0 Å². The van der Waals surface area contributed by atoms with Crippen LogP contribution in [0.2, 0.25) is 5.02 Å². The highest BCUT2D eigenvalue weighted by Crippen LogP contribution is 2.32. The SMILES string of the molecule is Cc1cc(Oc2ccc([C@@H](C)N)cc2Br)ccc1Cl. The second-order valence-electron chi connectivity index (χ2n) is 4.49. The number of hydrogen-bond donors (Lipinski definition) is 1. The number of nitrogens with two attached hydrogens (primary N) is 1. The molecule has 2 rings (SSSR count). The predicted molar refractivity (Wildman–Crippen MR) is 83.0 cm³/mol. The lowest BCUT2D eigenvalue weighted by Crippen LogP contribution is -2.04. The number of rotatable bonds is 3. The van der Waals surface area contributed by atoms with E-state index in [0.29, 0.717) is 0 Å². The van der Waals surface area contributed by atoms with Gasteiger partial charge in [0.15, 0.2) is 0 Å². The first-order chi connectivity index (χ1) is 8.97. The minimum Gasteiger partial charge on any atom is -0.456 e. The molecule has 0 aliphatic rings. The Hall–Kier alpha value is -1.03. The Kier molecular flexibility index (Phi) is 4.50. The highest BCUT2D eigenvalue weighted by atomic mass is 79.9. The van der Waals surface area contributed by atoms with E-state index in [-0.39, 0.29) is 6.04 Å². The third-order valence-corrected chi connectivity index (χ3v) is 3.88. The van der Waals surface area contributed by atoms with E-state index in [9.17, 15) is 0 Å². The number of ether oxygens (including phenoxy) is 1. The fraction of sp³-hybridized carbons (Fsp3) is 0.200. The summed E-state index contributed by atoms with van der Waals surface area (Å²) < 4.78 is 6.72. The van der Waals surface area contributed by atoms with Crippen LogP contribution >= 0.6 is 27.5 Å². The molecule has 0 saturated carbocycles. The van der Waals surface area contributed by atoms with E-state index in [2.05, 4.69) is 15.9 Å². The maximum absolute atomic E-state index is 5.99. The molecule has 2 aromatic carbocycles. The molecule has 19 heavy (non-hydrogen) atoms. The summed E-state index contributed by atoms with van der Waals surface area (Å²) in [4.78, 5) is 0. The topological polar surface area (TPSA) is 35.2 Å². The summed E-state index contributed by atoms with van der Waals surface area (Å²) >= 11 is 9.49. The fourth-order valence-electron chi connectivity index (χ4n) is 1.69. The zero-order chi connectivity index (χ0) is 14.0. The van der Waals surface area contributed by atoms with Gasteiger partial charge in [0, 0.05) is 11.1 Å². The molecule has 0 spiro atoms. The van der Waals surface area contributed by atoms with Crippen molar-refractivity contribution < 1.29 is 4.74 Å². The lowest BCUT2D eigenvalue weighted by atomic mass is 10.1. The molecule has 100 valence electrons. The Morgan fingerprint density at radius 2 is 1.95 bits per heavy atom. The molecule has 0 unspecified atom stereocenters. The van der Waals surface area contributed by atoms with Crippen molar-refractivity contribution in [3.63, 3.8) is 0 Å². The Labute approximate surface area is 126 Å². The van der Waals surface area contributed by atoms with Crippen molar-refractivity contribution >= 4 is 27.5 Å². The van der Waals surface area contributed by atoms with Crippen molar-refractivity contribution in [1.82, 2.24) is 0 Å². The van der Waals surface area contributed by atoms with Gasteiger partial charge in [0.2, 0.25) is 0 Å². The average Bonchev–Trinajstić information content (AvgIpc) is 2.36. The van der Waals surface area contributed by atoms with Gasteiger partial charge in [0.25, 0.3) is 0 Å². The first-order valence-electron chi connectivity index (χ1n) is 5.96. The van der Waals surface area contributed by atoms with Gasteiger partial charge in [-0.1, -0.05) is 17.7 Å². The number of halogens is 2. The van der Waals surface area contributed by atoms with Crippen LogP contribution in [0.4, 0.5) is 0 Å². The summed E-state index contributed by atoms with van der Waals surface area (Å²) in [5, 5.41) is 0.735. The lowest BCUT2D eigenvalue weighted by Gasteiger charge is -2.12. The maximum Gasteiger partial charge on any atom is 0.141 e. The molecule has 1 atom stereocenters. The number of hydrogen-bond acceptors (Lipinski definition) is 2. The van der Waals surface area contributed by atoms with Crippen molar-refractivity contribution in [2.45, 2.75) is 19.9 Å². The molecule has 0 fully saturated rings. The zero-order valence-electron chi connectivity index (χ0n) is 10.8. The smallest absolute Gasteiger partial charge is 0.141 e. The minimum absolute atomic E-state index is 0.00289. The van der Waals surface area contributed by atoms with Gasteiger partial charge < -0.3 is 10.5 Å². The van der Waals surface area contributed by atoms with Crippen LogP contribution in [-0.2, 0) is 0 Å². The quantitative estimate of drug-likeness (QED) is 0.831. The molecule has 0 aliphatic carbocycles. The van der Waals surface area contributed by atoms with E-state index >= 15 is 0 Å². The molecule has 0 saturated heterocycles. The highest BCUT2D eigenvalue weighted by Gasteiger charge is 2.07. The van der Waals surface area contributed by atoms with Crippen LogP contribution in [-0.4, -0.2) is 0 Å². The first-order valence-corrected chi connectivity index (χ1v) is 7.13. The molecule has 0 radical (unpaired) electrons. The van der Waals surface area contributed by atoms with Gasteiger partial charge in [-0.3, -0.25) is 0 Å². The normalized spacial score (nSPS) is 12.3. The number of benzene rings is 2. The van der Waals surface area contributed by atoms with Crippen molar-refractivity contribution in [3.8, 4) is 11.5 Å². The maximum atomic E-state index is 5.99. The summed E-state index contributed by atoms with van der Waals surface area (Å²) in [5.41, 5.74) is 7.90. The summed E-state index contributed by atoms with van der Waals surface area (Å²) in [6, 6.07) is 11.4. The largest absolute Gasteiger partial charge is 0.456 e. The summed E-state index contributed by atoms with van der Waals surface area (Å²) in [6.45, 7) is 3.90. The van der Waals surface area contributed by atoms with Gasteiger partial charge in [0.1, 0.15) is 11.5 Å². The summed E-state index contributed by atoms with van der Waals surface area (Å²) in [5.74, 6) is 1.52. The second-order valence-corrected chi connectivity index (χ2v) is 5.75. The monoisotopic (exact) mass is 339 g/mol. The van der Waals surface area contributed by atoms with Crippen LogP contribution in [0.5, 0.6) is 11.5 Å². The van der Waals surface area contributed by atoms with Crippen molar-refractivity contribution in [1.29, 1.82) is 0 Å². The molecule has 0 amide bonds. The molecule has 2 N–H and O–H groups in total. The molecule has 4 heteroatoms. The van der Waals surface area contributed by atoms with Crippen molar-refractivity contribution in [3.05, 3.63) is 57.0 Å². The van der Waals surface area contributed by atoms with Crippen LogP contribution in [0, 0.1) is 6.92 Å². The Balaban J connectivity index is 2.25. The molecule has 0 aliphatic heterocycles. The van der Waals surface area contributed by atoms with Crippen LogP contribution in [0.3, 0.4) is 0 Å². The molecule has 0 heterocycles. The molecule has 0 aromatic heterocycles. The highest BCUT2D eigenvalue weighted by molar-refractivity contribution is 9.10. The standard InChI is InChI=1S/C15H15BrClNO/c1-9-7-12(4-5-14(9)17)19-15-6-3-11(10(2)18)8-13(15)16/h3-8,10H,18H2,1-2H3/t10-/m1/s1. The van der Waals surface area contributed by atoms with Crippen molar-refractivity contribution in [2.24, 2.45) is 5.73 Å². The van der Waals surface area contributed by atoms with Gasteiger partial charge in [-0.05, 0) is 71.2 Å². The lowest BCUT2D eigenvalue weighted by molar-refractivity contribution is 0.479. The van der Waals surface area contributed by atoms with Crippen LogP contribution < -0.4 is 10.5 Å². The third-order valence-electron chi connectivity index (χ3n) is 2.84. The minimum atomic E-state index is 0.00289. The van der Waals surface area contributed by atoms with E-state index in [4.69, 9.17) is 22.1 Å². The summed E-state index contributed by atoms with van der Waals surface area (Å²) in [7, 11) is 0. The van der Waals surface area contributed by atoms with E-state index in [1.807, 2.05) is 50.2 Å². The molecular weight excluding hydrogens is 326 g/mol. The van der Waals surface area contributed by atoms with Gasteiger partial charge in [0.05, 0.1) is 4.47 Å². The fourth-order valence-corrected chi connectivity index (χ4v) is 2.29. The van der Waals surface area contributed by atoms with Crippen molar-refractivity contribution in [2.75, 3.05) is 0 Å². The van der Waals surface area contributed by atoms with Crippen LogP contribution in [0.1, 0.15) is 24.1 Å².